The summed E-state index contributed by atoms with van der Waals surface area (Å²) in [5, 5.41) is -1.73. The predicted octanol–water partition coefficient (Wildman–Crippen LogP) is -1.93. The molecule has 2 aromatic rings. The van der Waals surface area contributed by atoms with Gasteiger partial charge in [-0.25, -0.2) is 4.39 Å². The monoisotopic (exact) mass is 455 g/mol. The molecule has 3 nitrogen and oxygen atoms in total. The maximum Gasteiger partial charge on any atom is 0.266 e. The molecule has 13 heteroatoms. The zero-order valence-electron chi connectivity index (χ0n) is 19.0. The summed E-state index contributed by atoms with van der Waals surface area (Å²) in [5.41, 5.74) is -3.16. The lowest BCUT2D eigenvalue weighted by Gasteiger charge is -2.44. The Balaban J connectivity index is 2.06. The van der Waals surface area contributed by atoms with Crippen LogP contribution in [0.4, 0.5) is 4.39 Å². The zero-order chi connectivity index (χ0) is 25.8. The van der Waals surface area contributed by atoms with Crippen LogP contribution in [0.1, 0.15) is 37.8 Å². The zero-order valence-corrected chi connectivity index (χ0v) is 19.7. The molecule has 0 unspecified atom stereocenters. The van der Waals surface area contributed by atoms with Crippen LogP contribution in [0.15, 0.2) is 18.2 Å². The van der Waals surface area contributed by atoms with E-state index in [1.807, 2.05) is 0 Å². The summed E-state index contributed by atoms with van der Waals surface area (Å²) in [6, 6.07) is 3.87. The van der Waals surface area contributed by atoms with Crippen molar-refractivity contribution in [3.63, 3.8) is 0 Å². The first-order valence-electron chi connectivity index (χ1n) is 10.4. The number of benzene rings is 2. The third-order valence-corrected chi connectivity index (χ3v) is 6.20. The maximum absolute atomic E-state index is 14.3. The van der Waals surface area contributed by atoms with E-state index in [0.29, 0.717) is 6.42 Å². The van der Waals surface area contributed by atoms with Gasteiger partial charge in [-0.3, -0.25) is 4.79 Å². The lowest BCUT2D eigenvalue weighted by molar-refractivity contribution is -0.147. The number of hydrogen-bond acceptors (Lipinski definition) is 2. The molecule has 1 saturated heterocycles. The van der Waals surface area contributed by atoms with Crippen LogP contribution in [0, 0.1) is 5.82 Å². The minimum absolute atomic E-state index is 0.0346. The van der Waals surface area contributed by atoms with Gasteiger partial charge < -0.3 is 9.64 Å². The summed E-state index contributed by atoms with van der Waals surface area (Å²) >= 11 is 5.80. The largest absolute Gasteiger partial charge is 0.475 e. The molecule has 1 heterocycles. The summed E-state index contributed by atoms with van der Waals surface area (Å²) in [4.78, 5) is 15.0. The molecule has 1 fully saturated rings. The van der Waals surface area contributed by atoms with Crippen molar-refractivity contribution in [1.29, 1.82) is 0 Å². The second-order valence-electron chi connectivity index (χ2n) is 9.01. The second kappa shape index (κ2) is 9.15. The summed E-state index contributed by atoms with van der Waals surface area (Å²) in [6.07, 6.45) is 0.804. The fraction of sp³-hybridized carbons (Fsp3) is 0.381. The normalized spacial score (nSPS) is 18.8. The Bertz CT molecular complexity index is 1130. The lowest BCUT2D eigenvalue weighted by atomic mass is 9.36. The Morgan fingerprint density at radius 2 is 1.65 bits per heavy atom. The summed E-state index contributed by atoms with van der Waals surface area (Å²) in [6.45, 7) is 3.23. The van der Waals surface area contributed by atoms with Crippen LogP contribution in [-0.4, -0.2) is 85.7 Å². The van der Waals surface area contributed by atoms with Crippen LogP contribution in [0.2, 0.25) is 5.02 Å². The van der Waals surface area contributed by atoms with E-state index in [1.165, 1.54) is 30.9 Å². The van der Waals surface area contributed by atoms with Gasteiger partial charge in [0.25, 0.3) is 5.91 Å². The summed E-state index contributed by atoms with van der Waals surface area (Å²) in [5.74, 6) is -1.40. The molecule has 0 aromatic heterocycles. The molecule has 0 aliphatic carbocycles. The van der Waals surface area contributed by atoms with Crippen LogP contribution in [0.25, 0.3) is 0 Å². The summed E-state index contributed by atoms with van der Waals surface area (Å²) in [7, 11) is 49.1. The van der Waals surface area contributed by atoms with Gasteiger partial charge in [0.15, 0.2) is 17.2 Å². The Morgan fingerprint density at radius 3 is 2.15 bits per heavy atom. The van der Waals surface area contributed by atoms with Gasteiger partial charge in [0, 0.05) is 17.0 Å². The topological polar surface area (TPSA) is 29.5 Å². The highest BCUT2D eigenvalue weighted by atomic mass is 35.5. The SMILES string of the molecule is [B]c1c([B])c([C@]2([B])CCCN2C(=O)C(C)(C)Oc2ccc(Cl)cc2F)c([B])c([B])c1C([B])([B])[B]. The Hall–Kier alpha value is -1.55. The van der Waals surface area contributed by atoms with E-state index in [4.69, 9.17) is 79.1 Å². The van der Waals surface area contributed by atoms with Crippen LogP contribution >= 0.6 is 11.6 Å². The number of likely N-dealkylation sites (tertiary alicyclic amines) is 1. The molecule has 1 atom stereocenters. The molecule has 2 aromatic carbocycles. The third-order valence-electron chi connectivity index (χ3n) is 5.96. The van der Waals surface area contributed by atoms with Crippen molar-refractivity contribution in [1.82, 2.24) is 4.90 Å². The molecular weight excluding hydrogens is 439 g/mol. The van der Waals surface area contributed by atoms with E-state index in [1.54, 1.807) is 0 Å². The van der Waals surface area contributed by atoms with Gasteiger partial charge in [0.1, 0.15) is 39.2 Å². The molecule has 0 N–H and O–H groups in total. The van der Waals surface area contributed by atoms with Gasteiger partial charge in [0.05, 0.1) is 23.5 Å². The van der Waals surface area contributed by atoms with Crippen molar-refractivity contribution in [2.75, 3.05) is 6.54 Å². The average molecular weight is 454 g/mol. The Labute approximate surface area is 215 Å². The fourth-order valence-corrected chi connectivity index (χ4v) is 4.51. The molecule has 0 bridgehead atoms. The first-order chi connectivity index (χ1) is 15.5. The van der Waals surface area contributed by atoms with Gasteiger partial charge in [-0.2, -0.15) is 0 Å². The molecule has 154 valence electrons. The summed E-state index contributed by atoms with van der Waals surface area (Å²) < 4.78 is 20.0. The van der Waals surface area contributed by atoms with Crippen molar-refractivity contribution in [3.8, 4) is 5.75 Å². The Morgan fingerprint density at radius 1 is 1.09 bits per heavy atom. The minimum Gasteiger partial charge on any atom is -0.475 e. The molecule has 0 spiro atoms. The van der Waals surface area contributed by atoms with Gasteiger partial charge in [-0.1, -0.05) is 28.1 Å². The van der Waals surface area contributed by atoms with E-state index in [0.717, 1.165) is 6.07 Å². The standard InChI is InChI=1S/C21H15B8ClFNO2/c1-19(2,34-11-5-4-9(30)8-10(11)31)18(33)32-7-3-6-20(32,26)12-14(22)16(24)13(21(27,28)29)17(25)15(12)23/h4-5,8H,3,6-7H2,1-2H3/t20-/m0/s1. The molecule has 1 aliphatic heterocycles. The van der Waals surface area contributed by atoms with Crippen molar-refractivity contribution >= 4 is 102 Å². The second-order valence-corrected chi connectivity index (χ2v) is 9.45. The smallest absolute Gasteiger partial charge is 0.266 e. The highest BCUT2D eigenvalue weighted by molar-refractivity contribution is 6.65. The molecule has 0 saturated carbocycles. The number of amides is 1. The van der Waals surface area contributed by atoms with E-state index in [2.05, 4.69) is 0 Å². The Kier molecular flexibility index (Phi) is 7.28. The van der Waals surface area contributed by atoms with Crippen molar-refractivity contribution in [2.45, 2.75) is 42.8 Å². The van der Waals surface area contributed by atoms with Crippen LogP contribution < -0.4 is 26.6 Å². The van der Waals surface area contributed by atoms with E-state index < -0.39 is 27.9 Å². The number of hydrogen-bond donors (Lipinski definition) is 0. The van der Waals surface area contributed by atoms with Crippen LogP contribution in [0.5, 0.6) is 5.75 Å². The first-order valence-corrected chi connectivity index (χ1v) is 10.8. The number of carbonyl (C=O) groups excluding carboxylic acids is 1. The average Bonchev–Trinajstić information content (AvgIpc) is 3.09. The van der Waals surface area contributed by atoms with E-state index >= 15 is 0 Å². The van der Waals surface area contributed by atoms with Crippen LogP contribution in [0.3, 0.4) is 0 Å². The molecule has 3 rings (SSSR count). The number of nitrogens with zero attached hydrogens (tertiary/aromatic N) is 1. The molecule has 34 heavy (non-hydrogen) atoms. The molecular formula is C21H15B8ClFNO2. The lowest BCUT2D eigenvalue weighted by Crippen LogP contribution is -2.61. The predicted molar refractivity (Wildman–Crippen MR) is 141 cm³/mol. The molecule has 1 amide bonds. The first kappa shape index (κ1) is 27.0. The van der Waals surface area contributed by atoms with Gasteiger partial charge in [-0.15, -0.1) is 16.0 Å². The van der Waals surface area contributed by atoms with Crippen molar-refractivity contribution in [3.05, 3.63) is 40.2 Å². The van der Waals surface area contributed by atoms with Gasteiger partial charge in [-0.05, 0) is 50.5 Å². The molecule has 16 radical (unpaired) electrons. The highest BCUT2D eigenvalue weighted by Gasteiger charge is 2.47. The number of rotatable bonds is 5. The van der Waals surface area contributed by atoms with Gasteiger partial charge >= 0.3 is 0 Å². The minimum atomic E-state index is -1.92. The fourth-order valence-electron chi connectivity index (χ4n) is 4.35. The molecule has 1 aliphatic rings. The number of halogens is 2. The number of carbonyl (C=O) groups is 1. The van der Waals surface area contributed by atoms with Gasteiger partial charge in [0.2, 0.25) is 0 Å². The highest BCUT2D eigenvalue weighted by Crippen LogP contribution is 2.37. The van der Waals surface area contributed by atoms with Crippen molar-refractivity contribution in [2.24, 2.45) is 0 Å². The maximum atomic E-state index is 14.3. The quantitative estimate of drug-likeness (QED) is 0.493. The van der Waals surface area contributed by atoms with Crippen molar-refractivity contribution < 1.29 is 13.9 Å². The third kappa shape index (κ3) is 4.64. The number of ether oxygens (including phenoxy) is 1. The van der Waals surface area contributed by atoms with E-state index in [9.17, 15) is 9.18 Å². The van der Waals surface area contributed by atoms with Crippen LogP contribution in [-0.2, 0) is 15.3 Å². The van der Waals surface area contributed by atoms with E-state index in [-0.39, 0.29) is 56.7 Å².